The average Bonchev–Trinajstić information content (AvgIpc) is 2.65. The standard InChI is InChI=1S/C11H14BrNOS/c1-7-6-15-11(13-7)9-5-8(12)3-4-10(9)14-2/h3-5,7,11,13H,6H2,1-2H3. The van der Waals surface area contributed by atoms with E-state index >= 15 is 0 Å². The maximum absolute atomic E-state index is 5.37. The number of ether oxygens (including phenoxy) is 1. The lowest BCUT2D eigenvalue weighted by molar-refractivity contribution is 0.407. The van der Waals surface area contributed by atoms with Crippen molar-refractivity contribution in [3.63, 3.8) is 0 Å². The van der Waals surface area contributed by atoms with Gasteiger partial charge in [-0.1, -0.05) is 15.9 Å². The Balaban J connectivity index is 2.29. The smallest absolute Gasteiger partial charge is 0.124 e. The third kappa shape index (κ3) is 2.49. The molecule has 1 saturated heterocycles. The van der Waals surface area contributed by atoms with Gasteiger partial charge in [0.05, 0.1) is 12.5 Å². The van der Waals surface area contributed by atoms with Crippen LogP contribution in [0.15, 0.2) is 22.7 Å². The van der Waals surface area contributed by atoms with Gasteiger partial charge in [-0.2, -0.15) is 0 Å². The number of benzene rings is 1. The SMILES string of the molecule is COc1ccc(Br)cc1C1NC(C)CS1. The summed E-state index contributed by atoms with van der Waals surface area (Å²) in [5, 5.41) is 3.89. The van der Waals surface area contributed by atoms with Crippen LogP contribution in [0, 0.1) is 0 Å². The summed E-state index contributed by atoms with van der Waals surface area (Å²) in [6.45, 7) is 2.21. The lowest BCUT2D eigenvalue weighted by Crippen LogP contribution is -2.22. The Kier molecular flexibility index (Phi) is 3.59. The van der Waals surface area contributed by atoms with Crippen molar-refractivity contribution < 1.29 is 4.74 Å². The molecule has 0 spiro atoms. The molecule has 1 aromatic rings. The molecular weight excluding hydrogens is 274 g/mol. The highest BCUT2D eigenvalue weighted by Crippen LogP contribution is 2.38. The zero-order chi connectivity index (χ0) is 10.8. The van der Waals surface area contributed by atoms with Gasteiger partial charge in [-0.3, -0.25) is 5.32 Å². The first-order valence-electron chi connectivity index (χ1n) is 4.92. The van der Waals surface area contributed by atoms with Gasteiger partial charge < -0.3 is 4.74 Å². The minimum atomic E-state index is 0.354. The highest BCUT2D eigenvalue weighted by molar-refractivity contribution is 9.10. The third-order valence-electron chi connectivity index (χ3n) is 2.42. The van der Waals surface area contributed by atoms with Gasteiger partial charge in [0, 0.05) is 21.8 Å². The van der Waals surface area contributed by atoms with Gasteiger partial charge in [0.1, 0.15) is 5.75 Å². The molecule has 4 heteroatoms. The molecule has 0 aromatic heterocycles. The highest BCUT2D eigenvalue weighted by Gasteiger charge is 2.24. The normalized spacial score (nSPS) is 25.5. The molecule has 1 aromatic carbocycles. The molecule has 1 N–H and O–H groups in total. The first-order chi connectivity index (χ1) is 7.20. The Morgan fingerprint density at radius 1 is 1.53 bits per heavy atom. The van der Waals surface area contributed by atoms with Crippen LogP contribution in [0.25, 0.3) is 0 Å². The lowest BCUT2D eigenvalue weighted by Gasteiger charge is -2.15. The Morgan fingerprint density at radius 2 is 2.33 bits per heavy atom. The number of methoxy groups -OCH3 is 1. The molecule has 0 amide bonds. The van der Waals surface area contributed by atoms with E-state index in [9.17, 15) is 0 Å². The first-order valence-corrected chi connectivity index (χ1v) is 6.76. The van der Waals surface area contributed by atoms with E-state index in [0.29, 0.717) is 11.4 Å². The molecule has 1 aliphatic rings. The molecular formula is C11H14BrNOS. The molecule has 0 radical (unpaired) electrons. The van der Waals surface area contributed by atoms with E-state index in [0.717, 1.165) is 16.0 Å². The monoisotopic (exact) mass is 287 g/mol. The van der Waals surface area contributed by atoms with Crippen LogP contribution in [0.5, 0.6) is 5.75 Å². The number of hydrogen-bond donors (Lipinski definition) is 1. The number of hydrogen-bond acceptors (Lipinski definition) is 3. The largest absolute Gasteiger partial charge is 0.496 e. The minimum absolute atomic E-state index is 0.354. The van der Waals surface area contributed by atoms with E-state index in [1.165, 1.54) is 5.56 Å². The molecule has 15 heavy (non-hydrogen) atoms. The Hall–Kier alpha value is -0.190. The van der Waals surface area contributed by atoms with E-state index < -0.39 is 0 Å². The summed E-state index contributed by atoms with van der Waals surface area (Å²) >= 11 is 5.42. The van der Waals surface area contributed by atoms with Crippen LogP contribution >= 0.6 is 27.7 Å². The fourth-order valence-corrected chi connectivity index (χ4v) is 3.33. The maximum atomic E-state index is 5.37. The van der Waals surface area contributed by atoms with Gasteiger partial charge in [0.25, 0.3) is 0 Å². The predicted octanol–water partition coefficient (Wildman–Crippen LogP) is 3.18. The minimum Gasteiger partial charge on any atom is -0.496 e. The van der Waals surface area contributed by atoms with Crippen LogP contribution in [0.2, 0.25) is 0 Å². The van der Waals surface area contributed by atoms with Crippen LogP contribution in [0.3, 0.4) is 0 Å². The summed E-state index contributed by atoms with van der Waals surface area (Å²) in [5.74, 6) is 2.11. The van der Waals surface area contributed by atoms with E-state index in [2.05, 4.69) is 34.2 Å². The fraction of sp³-hybridized carbons (Fsp3) is 0.455. The summed E-state index contributed by atoms with van der Waals surface area (Å²) in [6, 6.07) is 6.71. The van der Waals surface area contributed by atoms with Crippen molar-refractivity contribution in [1.29, 1.82) is 0 Å². The molecule has 0 saturated carbocycles. The van der Waals surface area contributed by atoms with Crippen LogP contribution in [0.4, 0.5) is 0 Å². The number of halogens is 1. The summed E-state index contributed by atoms with van der Waals surface area (Å²) in [7, 11) is 1.72. The van der Waals surface area contributed by atoms with Crippen molar-refractivity contribution in [2.75, 3.05) is 12.9 Å². The quantitative estimate of drug-likeness (QED) is 0.903. The van der Waals surface area contributed by atoms with Crippen molar-refractivity contribution >= 4 is 27.7 Å². The summed E-state index contributed by atoms with van der Waals surface area (Å²) < 4.78 is 6.47. The summed E-state index contributed by atoms with van der Waals surface area (Å²) in [5.41, 5.74) is 1.22. The number of rotatable bonds is 2. The summed E-state index contributed by atoms with van der Waals surface area (Å²) in [6.07, 6.45) is 0. The first kappa shape index (κ1) is 11.3. The number of nitrogens with one attached hydrogen (secondary N) is 1. The second-order valence-electron chi connectivity index (χ2n) is 3.67. The van der Waals surface area contributed by atoms with Gasteiger partial charge in [0.15, 0.2) is 0 Å². The van der Waals surface area contributed by atoms with Gasteiger partial charge in [-0.05, 0) is 25.1 Å². The zero-order valence-corrected chi connectivity index (χ0v) is 11.2. The second kappa shape index (κ2) is 4.76. The lowest BCUT2D eigenvalue weighted by atomic mass is 10.2. The number of thioether (sulfide) groups is 1. The van der Waals surface area contributed by atoms with Gasteiger partial charge in [0.2, 0.25) is 0 Å². The molecule has 1 aliphatic heterocycles. The predicted molar refractivity (Wildman–Crippen MR) is 68.5 cm³/mol. The van der Waals surface area contributed by atoms with Crippen LogP contribution in [-0.4, -0.2) is 18.9 Å². The van der Waals surface area contributed by atoms with E-state index in [1.54, 1.807) is 7.11 Å². The molecule has 82 valence electrons. The van der Waals surface area contributed by atoms with Gasteiger partial charge in [-0.25, -0.2) is 0 Å². The maximum Gasteiger partial charge on any atom is 0.124 e. The van der Waals surface area contributed by atoms with E-state index in [4.69, 9.17) is 4.74 Å². The molecule has 2 atom stereocenters. The topological polar surface area (TPSA) is 21.3 Å². The molecule has 2 rings (SSSR count). The molecule has 1 heterocycles. The molecule has 0 aliphatic carbocycles. The van der Waals surface area contributed by atoms with E-state index in [1.807, 2.05) is 23.9 Å². The van der Waals surface area contributed by atoms with Gasteiger partial charge >= 0.3 is 0 Å². The molecule has 1 fully saturated rings. The van der Waals surface area contributed by atoms with Crippen molar-refractivity contribution in [2.45, 2.75) is 18.3 Å². The summed E-state index contributed by atoms with van der Waals surface area (Å²) in [4.78, 5) is 0. The van der Waals surface area contributed by atoms with Crippen LogP contribution in [-0.2, 0) is 0 Å². The van der Waals surface area contributed by atoms with Crippen LogP contribution < -0.4 is 10.1 Å². The fourth-order valence-electron chi connectivity index (χ4n) is 1.68. The zero-order valence-electron chi connectivity index (χ0n) is 8.79. The highest BCUT2D eigenvalue weighted by atomic mass is 79.9. The van der Waals surface area contributed by atoms with Crippen LogP contribution in [0.1, 0.15) is 17.9 Å². The second-order valence-corrected chi connectivity index (χ2v) is 5.72. The van der Waals surface area contributed by atoms with E-state index in [-0.39, 0.29) is 0 Å². The molecule has 2 unspecified atom stereocenters. The molecule has 2 nitrogen and oxygen atoms in total. The van der Waals surface area contributed by atoms with Crippen molar-refractivity contribution in [2.24, 2.45) is 0 Å². The average molecular weight is 288 g/mol. The van der Waals surface area contributed by atoms with Crippen molar-refractivity contribution in [3.8, 4) is 5.75 Å². The Morgan fingerprint density at radius 3 is 2.93 bits per heavy atom. The molecule has 0 bridgehead atoms. The Labute approximate surface area is 103 Å². The Bertz CT molecular complexity index is 358. The van der Waals surface area contributed by atoms with Crippen molar-refractivity contribution in [3.05, 3.63) is 28.2 Å². The van der Waals surface area contributed by atoms with Gasteiger partial charge in [-0.15, -0.1) is 11.8 Å². The third-order valence-corrected chi connectivity index (χ3v) is 4.33. The van der Waals surface area contributed by atoms with Crippen molar-refractivity contribution in [1.82, 2.24) is 5.32 Å².